The Morgan fingerprint density at radius 2 is 2.05 bits per heavy atom. The van der Waals surface area contributed by atoms with Crippen molar-refractivity contribution in [2.45, 2.75) is 19.8 Å². The maximum atomic E-state index is 13.5. The third-order valence-electron chi connectivity index (χ3n) is 2.81. The first-order valence-corrected chi connectivity index (χ1v) is 6.03. The predicted molar refractivity (Wildman–Crippen MR) is 67.3 cm³/mol. The Morgan fingerprint density at radius 1 is 1.37 bits per heavy atom. The molecule has 0 aliphatic heterocycles. The van der Waals surface area contributed by atoms with Gasteiger partial charge in [-0.3, -0.25) is 0 Å². The Hall–Kier alpha value is -1.69. The van der Waals surface area contributed by atoms with Gasteiger partial charge in [-0.2, -0.15) is 0 Å². The van der Waals surface area contributed by atoms with E-state index in [1.165, 1.54) is 6.07 Å². The van der Waals surface area contributed by atoms with Crippen molar-refractivity contribution in [2.75, 3.05) is 18.5 Å². The molecule has 1 unspecified atom stereocenters. The summed E-state index contributed by atoms with van der Waals surface area (Å²) in [5, 5.41) is 20.2. The van der Waals surface area contributed by atoms with Gasteiger partial charge in [0, 0.05) is 13.2 Å². The lowest BCUT2D eigenvalue weighted by Crippen LogP contribution is -2.10. The van der Waals surface area contributed by atoms with Gasteiger partial charge in [0.15, 0.2) is 11.6 Å². The molecule has 1 aromatic rings. The zero-order valence-corrected chi connectivity index (χ0v) is 10.6. The second-order valence-corrected chi connectivity index (χ2v) is 4.45. The number of hydrogen-bond donors (Lipinski definition) is 3. The fourth-order valence-corrected chi connectivity index (χ4v) is 1.62. The van der Waals surface area contributed by atoms with Gasteiger partial charge in [0.1, 0.15) is 0 Å². The van der Waals surface area contributed by atoms with Crippen LogP contribution < -0.4 is 5.32 Å². The van der Waals surface area contributed by atoms with Crippen molar-refractivity contribution in [1.82, 2.24) is 0 Å². The SMILES string of the molecule is CC(CO)CCCNc1ccc(C(=O)O)c(F)c1F. The maximum absolute atomic E-state index is 13.5. The third kappa shape index (κ3) is 4.17. The lowest BCUT2D eigenvalue weighted by Gasteiger charge is -2.11. The number of aliphatic hydroxyl groups is 1. The molecule has 4 nitrogen and oxygen atoms in total. The molecular formula is C13H17F2NO3. The molecule has 19 heavy (non-hydrogen) atoms. The minimum atomic E-state index is -1.50. The highest BCUT2D eigenvalue weighted by Gasteiger charge is 2.17. The standard InChI is InChI=1S/C13H17F2NO3/c1-8(7-17)3-2-6-16-10-5-4-9(13(18)19)11(14)12(10)15/h4-5,8,16-17H,2-3,6-7H2,1H3,(H,18,19). The van der Waals surface area contributed by atoms with E-state index in [0.717, 1.165) is 12.5 Å². The van der Waals surface area contributed by atoms with E-state index < -0.39 is 23.2 Å². The van der Waals surface area contributed by atoms with Crippen LogP contribution in [0.25, 0.3) is 0 Å². The quantitative estimate of drug-likeness (QED) is 0.667. The smallest absolute Gasteiger partial charge is 0.338 e. The normalized spacial score (nSPS) is 12.2. The number of rotatable bonds is 7. The molecule has 0 aliphatic rings. The summed E-state index contributed by atoms with van der Waals surface area (Å²) in [6.45, 7) is 2.41. The van der Waals surface area contributed by atoms with Crippen LogP contribution in [0.2, 0.25) is 0 Å². The summed E-state index contributed by atoms with van der Waals surface area (Å²) in [6, 6.07) is 2.23. The maximum Gasteiger partial charge on any atom is 0.338 e. The average molecular weight is 273 g/mol. The highest BCUT2D eigenvalue weighted by molar-refractivity contribution is 5.88. The van der Waals surface area contributed by atoms with Gasteiger partial charge in [0.2, 0.25) is 0 Å². The number of benzene rings is 1. The minimum Gasteiger partial charge on any atom is -0.478 e. The van der Waals surface area contributed by atoms with Crippen molar-refractivity contribution in [3.8, 4) is 0 Å². The molecule has 0 saturated carbocycles. The van der Waals surface area contributed by atoms with Crippen LogP contribution in [0.4, 0.5) is 14.5 Å². The second kappa shape index (κ2) is 7.04. The second-order valence-electron chi connectivity index (χ2n) is 4.45. The molecule has 3 N–H and O–H groups in total. The molecule has 0 aliphatic carbocycles. The van der Waals surface area contributed by atoms with Crippen LogP contribution in [0.5, 0.6) is 0 Å². The van der Waals surface area contributed by atoms with Crippen molar-refractivity contribution >= 4 is 11.7 Å². The molecule has 0 radical (unpaired) electrons. The number of nitrogens with one attached hydrogen (secondary N) is 1. The molecule has 1 aromatic carbocycles. The van der Waals surface area contributed by atoms with E-state index in [9.17, 15) is 13.6 Å². The number of halogens is 2. The number of aliphatic hydroxyl groups excluding tert-OH is 1. The molecule has 106 valence electrons. The summed E-state index contributed by atoms with van der Waals surface area (Å²) in [5.74, 6) is -3.88. The number of anilines is 1. The summed E-state index contributed by atoms with van der Waals surface area (Å²) < 4.78 is 26.9. The molecule has 0 amide bonds. The van der Waals surface area contributed by atoms with Crippen molar-refractivity contribution < 1.29 is 23.8 Å². The van der Waals surface area contributed by atoms with Crippen LogP contribution in [0.3, 0.4) is 0 Å². The highest BCUT2D eigenvalue weighted by atomic mass is 19.2. The largest absolute Gasteiger partial charge is 0.478 e. The van der Waals surface area contributed by atoms with Gasteiger partial charge in [-0.15, -0.1) is 0 Å². The van der Waals surface area contributed by atoms with Gasteiger partial charge in [-0.1, -0.05) is 6.92 Å². The predicted octanol–water partition coefficient (Wildman–Crippen LogP) is 2.48. The molecule has 0 fully saturated rings. The molecular weight excluding hydrogens is 256 g/mol. The van der Waals surface area contributed by atoms with Gasteiger partial charge < -0.3 is 15.5 Å². The van der Waals surface area contributed by atoms with E-state index in [1.54, 1.807) is 0 Å². The Labute approximate surface area is 110 Å². The van der Waals surface area contributed by atoms with E-state index in [0.29, 0.717) is 13.0 Å². The zero-order valence-electron chi connectivity index (χ0n) is 10.6. The van der Waals surface area contributed by atoms with Gasteiger partial charge in [0.25, 0.3) is 0 Å². The molecule has 0 aromatic heterocycles. The van der Waals surface area contributed by atoms with E-state index in [1.807, 2.05) is 6.92 Å². The zero-order chi connectivity index (χ0) is 14.4. The van der Waals surface area contributed by atoms with Crippen LogP contribution >= 0.6 is 0 Å². The topological polar surface area (TPSA) is 69.6 Å². The molecule has 6 heteroatoms. The van der Waals surface area contributed by atoms with Crippen LogP contribution in [0, 0.1) is 17.6 Å². The number of carboxylic acids is 1. The number of hydrogen-bond acceptors (Lipinski definition) is 3. The molecule has 0 spiro atoms. The van der Waals surface area contributed by atoms with Crippen LogP contribution in [0.15, 0.2) is 12.1 Å². The summed E-state index contributed by atoms with van der Waals surface area (Å²) in [6.07, 6.45) is 1.46. The monoisotopic (exact) mass is 273 g/mol. The first-order valence-electron chi connectivity index (χ1n) is 6.03. The molecule has 1 atom stereocenters. The van der Waals surface area contributed by atoms with E-state index in [-0.39, 0.29) is 18.2 Å². The lowest BCUT2D eigenvalue weighted by atomic mass is 10.1. The Kier molecular flexibility index (Phi) is 5.69. The fourth-order valence-electron chi connectivity index (χ4n) is 1.62. The van der Waals surface area contributed by atoms with Crippen molar-refractivity contribution in [1.29, 1.82) is 0 Å². The molecule has 0 heterocycles. The van der Waals surface area contributed by atoms with Crippen molar-refractivity contribution in [2.24, 2.45) is 5.92 Å². The summed E-state index contributed by atoms with van der Waals surface area (Å²) >= 11 is 0. The van der Waals surface area contributed by atoms with E-state index >= 15 is 0 Å². The Bertz CT molecular complexity index is 452. The summed E-state index contributed by atoms with van der Waals surface area (Å²) in [5.41, 5.74) is -0.740. The number of aromatic carboxylic acids is 1. The highest BCUT2D eigenvalue weighted by Crippen LogP contribution is 2.20. The van der Waals surface area contributed by atoms with Crippen LogP contribution in [-0.4, -0.2) is 29.3 Å². The Morgan fingerprint density at radius 3 is 2.63 bits per heavy atom. The van der Waals surface area contributed by atoms with Crippen molar-refractivity contribution in [3.05, 3.63) is 29.3 Å². The number of carbonyl (C=O) groups is 1. The fraction of sp³-hybridized carbons (Fsp3) is 0.462. The minimum absolute atomic E-state index is 0.0563. The first-order chi connectivity index (χ1) is 8.97. The molecule has 1 rings (SSSR count). The molecule has 0 saturated heterocycles. The van der Waals surface area contributed by atoms with E-state index in [2.05, 4.69) is 5.32 Å². The van der Waals surface area contributed by atoms with Gasteiger partial charge in [-0.25, -0.2) is 13.6 Å². The van der Waals surface area contributed by atoms with E-state index in [4.69, 9.17) is 10.2 Å². The first kappa shape index (κ1) is 15.4. The Balaban J connectivity index is 2.60. The average Bonchev–Trinajstić information content (AvgIpc) is 2.38. The lowest BCUT2D eigenvalue weighted by molar-refractivity contribution is 0.0690. The van der Waals surface area contributed by atoms with Crippen LogP contribution in [-0.2, 0) is 0 Å². The van der Waals surface area contributed by atoms with Crippen molar-refractivity contribution in [3.63, 3.8) is 0 Å². The third-order valence-corrected chi connectivity index (χ3v) is 2.81. The summed E-state index contributed by atoms with van der Waals surface area (Å²) in [7, 11) is 0. The van der Waals surface area contributed by atoms with Gasteiger partial charge in [0.05, 0.1) is 11.3 Å². The molecule has 0 bridgehead atoms. The van der Waals surface area contributed by atoms with Gasteiger partial charge >= 0.3 is 5.97 Å². The number of carboxylic acid groups (broad SMARTS) is 1. The summed E-state index contributed by atoms with van der Waals surface area (Å²) in [4.78, 5) is 10.6. The van der Waals surface area contributed by atoms with Gasteiger partial charge in [-0.05, 0) is 30.9 Å². The van der Waals surface area contributed by atoms with Crippen LogP contribution in [0.1, 0.15) is 30.1 Å².